The molecule has 2 aromatic heterocycles. The molecular formula is C19H22N4O. The third-order valence-electron chi connectivity index (χ3n) is 4.90. The molecule has 1 fully saturated rings. The van der Waals surface area contributed by atoms with Crippen LogP contribution in [0.1, 0.15) is 55.7 Å². The smallest absolute Gasteiger partial charge is 0.262 e. The highest BCUT2D eigenvalue weighted by Gasteiger charge is 2.23. The Hall–Kier alpha value is -2.43. The molecule has 0 atom stereocenters. The summed E-state index contributed by atoms with van der Waals surface area (Å²) in [6.45, 7) is 2.04. The zero-order valence-corrected chi connectivity index (χ0v) is 14.0. The fourth-order valence-electron chi connectivity index (χ4n) is 3.68. The number of aryl methyl sites for hydroxylation is 1. The Labute approximate surface area is 140 Å². The molecule has 5 nitrogen and oxygen atoms in total. The summed E-state index contributed by atoms with van der Waals surface area (Å²) in [5.41, 5.74) is 2.69. The minimum absolute atomic E-state index is 0.0629. The number of nitrogens with one attached hydrogen (secondary N) is 1. The van der Waals surface area contributed by atoms with Gasteiger partial charge in [-0.05, 0) is 24.8 Å². The molecule has 0 saturated heterocycles. The second-order valence-corrected chi connectivity index (χ2v) is 6.56. The van der Waals surface area contributed by atoms with Gasteiger partial charge in [-0.1, -0.05) is 50.1 Å². The Balaban J connectivity index is 1.83. The summed E-state index contributed by atoms with van der Waals surface area (Å²) in [4.78, 5) is 20.4. The first-order chi connectivity index (χ1) is 11.8. The van der Waals surface area contributed by atoms with Crippen LogP contribution in [0.5, 0.6) is 0 Å². The number of rotatable bonds is 4. The highest BCUT2D eigenvalue weighted by Crippen LogP contribution is 2.31. The molecule has 0 radical (unpaired) electrons. The Morgan fingerprint density at radius 2 is 1.96 bits per heavy atom. The number of benzene rings is 1. The first-order valence-electron chi connectivity index (χ1n) is 8.80. The van der Waals surface area contributed by atoms with Crippen LogP contribution in [-0.4, -0.2) is 19.7 Å². The lowest BCUT2D eigenvalue weighted by Crippen LogP contribution is -2.14. The monoisotopic (exact) mass is 322 g/mol. The van der Waals surface area contributed by atoms with E-state index in [1.165, 1.54) is 12.8 Å². The van der Waals surface area contributed by atoms with Crippen molar-refractivity contribution in [1.82, 2.24) is 19.7 Å². The summed E-state index contributed by atoms with van der Waals surface area (Å²) < 4.78 is 2.02. The van der Waals surface area contributed by atoms with Crippen LogP contribution >= 0.6 is 0 Å². The van der Waals surface area contributed by atoms with Gasteiger partial charge in [-0.15, -0.1) is 0 Å². The zero-order valence-electron chi connectivity index (χ0n) is 14.0. The highest BCUT2D eigenvalue weighted by atomic mass is 16.1. The molecule has 0 spiro atoms. The predicted octanol–water partition coefficient (Wildman–Crippen LogP) is 3.39. The number of fused-ring (bicyclic) bond motifs is 1. The second kappa shape index (κ2) is 6.23. The summed E-state index contributed by atoms with van der Waals surface area (Å²) in [5, 5.41) is 5.40. The average molecular weight is 322 g/mol. The number of nitrogens with zero attached hydrogens (tertiary/aromatic N) is 3. The standard InChI is InChI=1S/C19H22N4O/c1-2-15-17-18(23(22-15)14-10-6-7-11-14)20-16(21-19(17)24)12-13-8-4-3-5-9-13/h3-5,8-9,14H,2,6-7,10-12H2,1H3,(H,20,21,24). The normalized spacial score (nSPS) is 15.4. The fourth-order valence-corrected chi connectivity index (χ4v) is 3.68. The molecule has 0 bridgehead atoms. The maximum Gasteiger partial charge on any atom is 0.262 e. The third-order valence-corrected chi connectivity index (χ3v) is 4.90. The average Bonchev–Trinajstić information content (AvgIpc) is 3.23. The van der Waals surface area contributed by atoms with Crippen LogP contribution in [0.3, 0.4) is 0 Å². The Bertz CT molecular complexity index is 904. The van der Waals surface area contributed by atoms with Crippen LogP contribution in [0, 0.1) is 0 Å². The molecule has 24 heavy (non-hydrogen) atoms. The van der Waals surface area contributed by atoms with Crippen LogP contribution in [0.4, 0.5) is 0 Å². The van der Waals surface area contributed by atoms with E-state index in [0.717, 1.165) is 36.2 Å². The van der Waals surface area contributed by atoms with Crippen molar-refractivity contribution in [2.75, 3.05) is 0 Å². The van der Waals surface area contributed by atoms with E-state index in [0.29, 0.717) is 23.7 Å². The predicted molar refractivity (Wildman–Crippen MR) is 94.3 cm³/mol. The molecule has 3 aromatic rings. The van der Waals surface area contributed by atoms with Gasteiger partial charge in [0.2, 0.25) is 0 Å². The third kappa shape index (κ3) is 2.64. The molecular weight excluding hydrogens is 300 g/mol. The van der Waals surface area contributed by atoms with Gasteiger partial charge in [0, 0.05) is 6.42 Å². The van der Waals surface area contributed by atoms with Gasteiger partial charge >= 0.3 is 0 Å². The minimum Gasteiger partial charge on any atom is -0.310 e. The lowest BCUT2D eigenvalue weighted by molar-refractivity contribution is 0.474. The molecule has 0 unspecified atom stereocenters. The number of aromatic nitrogens is 4. The molecule has 1 N–H and O–H groups in total. The molecule has 0 aliphatic heterocycles. The van der Waals surface area contributed by atoms with Crippen molar-refractivity contribution in [3.63, 3.8) is 0 Å². The second-order valence-electron chi connectivity index (χ2n) is 6.56. The van der Waals surface area contributed by atoms with E-state index in [1.807, 2.05) is 29.8 Å². The molecule has 1 aliphatic carbocycles. The summed E-state index contributed by atoms with van der Waals surface area (Å²) in [6, 6.07) is 10.5. The van der Waals surface area contributed by atoms with Gasteiger partial charge in [0.1, 0.15) is 11.2 Å². The van der Waals surface area contributed by atoms with Gasteiger partial charge in [-0.3, -0.25) is 4.79 Å². The molecule has 5 heteroatoms. The van der Waals surface area contributed by atoms with Crippen molar-refractivity contribution < 1.29 is 0 Å². The zero-order chi connectivity index (χ0) is 16.5. The van der Waals surface area contributed by atoms with Crippen LogP contribution in [0.2, 0.25) is 0 Å². The van der Waals surface area contributed by atoms with Gasteiger partial charge in [-0.2, -0.15) is 5.10 Å². The van der Waals surface area contributed by atoms with Crippen molar-refractivity contribution in [2.45, 2.75) is 51.5 Å². The van der Waals surface area contributed by atoms with E-state index in [1.54, 1.807) is 0 Å². The van der Waals surface area contributed by atoms with Crippen LogP contribution in [0.25, 0.3) is 11.0 Å². The molecule has 0 amide bonds. The van der Waals surface area contributed by atoms with E-state index in [2.05, 4.69) is 17.1 Å². The maximum atomic E-state index is 12.6. The molecule has 1 saturated carbocycles. The quantitative estimate of drug-likeness (QED) is 0.801. The van der Waals surface area contributed by atoms with Gasteiger partial charge < -0.3 is 4.98 Å². The molecule has 124 valence electrons. The maximum absolute atomic E-state index is 12.6. The van der Waals surface area contributed by atoms with Gasteiger partial charge in [0.25, 0.3) is 5.56 Å². The van der Waals surface area contributed by atoms with E-state index in [9.17, 15) is 4.79 Å². The fraction of sp³-hybridized carbons (Fsp3) is 0.421. The van der Waals surface area contributed by atoms with Crippen LogP contribution in [-0.2, 0) is 12.8 Å². The van der Waals surface area contributed by atoms with Crippen LogP contribution in [0.15, 0.2) is 35.1 Å². The molecule has 4 rings (SSSR count). The molecule has 1 aromatic carbocycles. The van der Waals surface area contributed by atoms with E-state index < -0.39 is 0 Å². The van der Waals surface area contributed by atoms with E-state index in [-0.39, 0.29) is 5.56 Å². The van der Waals surface area contributed by atoms with Crippen molar-refractivity contribution >= 4 is 11.0 Å². The summed E-state index contributed by atoms with van der Waals surface area (Å²) in [5.74, 6) is 0.709. The van der Waals surface area contributed by atoms with Crippen molar-refractivity contribution in [3.05, 3.63) is 57.8 Å². The number of aromatic amines is 1. The van der Waals surface area contributed by atoms with Gasteiger partial charge in [-0.25, -0.2) is 9.67 Å². The van der Waals surface area contributed by atoms with Crippen molar-refractivity contribution in [3.8, 4) is 0 Å². The van der Waals surface area contributed by atoms with Crippen molar-refractivity contribution in [2.24, 2.45) is 0 Å². The minimum atomic E-state index is -0.0629. The van der Waals surface area contributed by atoms with Gasteiger partial charge in [0.15, 0.2) is 5.65 Å². The number of hydrogen-bond acceptors (Lipinski definition) is 3. The largest absolute Gasteiger partial charge is 0.310 e. The van der Waals surface area contributed by atoms with Crippen molar-refractivity contribution in [1.29, 1.82) is 0 Å². The Kier molecular flexibility index (Phi) is 3.92. The molecule has 1 aliphatic rings. The lowest BCUT2D eigenvalue weighted by atomic mass is 10.1. The summed E-state index contributed by atoms with van der Waals surface area (Å²) >= 11 is 0. The number of H-pyrrole nitrogens is 1. The van der Waals surface area contributed by atoms with E-state index >= 15 is 0 Å². The first kappa shape index (κ1) is 15.1. The summed E-state index contributed by atoms with van der Waals surface area (Å²) in [7, 11) is 0. The lowest BCUT2D eigenvalue weighted by Gasteiger charge is -2.11. The van der Waals surface area contributed by atoms with Gasteiger partial charge in [0.05, 0.1) is 11.7 Å². The van der Waals surface area contributed by atoms with E-state index in [4.69, 9.17) is 10.1 Å². The SMILES string of the molecule is CCc1nn(C2CCCC2)c2nc(Cc3ccccc3)[nH]c(=O)c12. The summed E-state index contributed by atoms with van der Waals surface area (Å²) in [6.07, 6.45) is 6.09. The van der Waals surface area contributed by atoms with Crippen LogP contribution < -0.4 is 5.56 Å². The Morgan fingerprint density at radius 3 is 2.67 bits per heavy atom. The first-order valence-corrected chi connectivity index (χ1v) is 8.80. The number of hydrogen-bond donors (Lipinski definition) is 1. The topological polar surface area (TPSA) is 63.6 Å². The highest BCUT2D eigenvalue weighted by molar-refractivity contribution is 5.77. The Morgan fingerprint density at radius 1 is 1.21 bits per heavy atom. The molecule has 2 heterocycles.